The van der Waals surface area contributed by atoms with E-state index in [1.54, 1.807) is 18.2 Å². The number of aryl methyl sites for hydroxylation is 1. The van der Waals surface area contributed by atoms with Gasteiger partial charge in [-0.1, -0.05) is 18.2 Å². The lowest BCUT2D eigenvalue weighted by Gasteiger charge is -2.07. The van der Waals surface area contributed by atoms with Gasteiger partial charge in [-0.2, -0.15) is 0 Å². The normalized spacial score (nSPS) is 11.5. The molecule has 0 amide bonds. The summed E-state index contributed by atoms with van der Waals surface area (Å²) in [5, 5.41) is 0. The number of halogens is 2. The van der Waals surface area contributed by atoms with Crippen molar-refractivity contribution in [3.05, 3.63) is 53.8 Å². The molecule has 2 nitrogen and oxygen atoms in total. The highest BCUT2D eigenvalue weighted by Gasteiger charge is 2.12. The van der Waals surface area contributed by atoms with Crippen LogP contribution in [0.3, 0.4) is 0 Å². The molecule has 0 spiro atoms. The molecule has 0 unspecified atom stereocenters. The van der Waals surface area contributed by atoms with Crippen LogP contribution in [0.2, 0.25) is 0 Å². The molecule has 0 aliphatic rings. The Kier molecular flexibility index (Phi) is 3.41. The molecule has 2 aromatic rings. The predicted molar refractivity (Wildman–Crippen MR) is 69.6 cm³/mol. The molecule has 0 atom stereocenters. The molecular weight excluding hydrogens is 275 g/mol. The molecule has 0 aromatic heterocycles. The first-order valence-corrected chi connectivity index (χ1v) is 7.50. The van der Waals surface area contributed by atoms with E-state index in [9.17, 15) is 12.8 Å². The Bertz CT molecular complexity index is 679. The summed E-state index contributed by atoms with van der Waals surface area (Å²) in [4.78, 5) is 0.0362. The molecule has 5 heteroatoms. The monoisotopic (exact) mass is 284 g/mol. The zero-order valence-electron chi connectivity index (χ0n) is 9.52. The van der Waals surface area contributed by atoms with Crippen molar-refractivity contribution in [2.45, 2.75) is 11.8 Å². The molecule has 94 valence electrons. The Morgan fingerprint density at radius 2 is 1.67 bits per heavy atom. The van der Waals surface area contributed by atoms with Gasteiger partial charge in [0, 0.05) is 10.7 Å². The van der Waals surface area contributed by atoms with Gasteiger partial charge in [0.2, 0.25) is 0 Å². The van der Waals surface area contributed by atoms with Crippen molar-refractivity contribution in [3.8, 4) is 11.1 Å². The lowest BCUT2D eigenvalue weighted by molar-refractivity contribution is 0.609. The van der Waals surface area contributed by atoms with E-state index in [4.69, 9.17) is 10.7 Å². The van der Waals surface area contributed by atoms with E-state index in [1.165, 1.54) is 24.3 Å². The first kappa shape index (κ1) is 13.1. The molecule has 18 heavy (non-hydrogen) atoms. The summed E-state index contributed by atoms with van der Waals surface area (Å²) in [7, 11) is 1.55. The summed E-state index contributed by atoms with van der Waals surface area (Å²) in [6, 6.07) is 10.5. The van der Waals surface area contributed by atoms with Gasteiger partial charge >= 0.3 is 0 Å². The maximum absolute atomic E-state index is 12.9. The lowest BCUT2D eigenvalue weighted by atomic mass is 10.0. The van der Waals surface area contributed by atoms with E-state index in [0.717, 1.165) is 16.7 Å². The average Bonchev–Trinajstić information content (AvgIpc) is 2.29. The van der Waals surface area contributed by atoms with Gasteiger partial charge < -0.3 is 0 Å². The van der Waals surface area contributed by atoms with Gasteiger partial charge in [0.15, 0.2) is 0 Å². The Labute approximate surface area is 109 Å². The van der Waals surface area contributed by atoms with Crippen molar-refractivity contribution < 1.29 is 12.8 Å². The molecule has 0 aliphatic heterocycles. The van der Waals surface area contributed by atoms with Gasteiger partial charge in [0.05, 0.1) is 4.90 Å². The van der Waals surface area contributed by atoms with E-state index < -0.39 is 9.05 Å². The maximum Gasteiger partial charge on any atom is 0.261 e. The molecule has 0 radical (unpaired) electrons. The van der Waals surface area contributed by atoms with Gasteiger partial charge in [-0.15, -0.1) is 0 Å². The van der Waals surface area contributed by atoms with Crippen LogP contribution in [0.5, 0.6) is 0 Å². The first-order chi connectivity index (χ1) is 8.38. The Morgan fingerprint density at radius 3 is 2.22 bits per heavy atom. The maximum atomic E-state index is 12.9. The van der Waals surface area contributed by atoms with Gasteiger partial charge in [0.1, 0.15) is 5.82 Å². The van der Waals surface area contributed by atoms with Crippen LogP contribution in [0.15, 0.2) is 47.4 Å². The van der Waals surface area contributed by atoms with Crippen molar-refractivity contribution in [2.75, 3.05) is 0 Å². The van der Waals surface area contributed by atoms with E-state index in [2.05, 4.69) is 0 Å². The third kappa shape index (κ3) is 2.71. The molecule has 0 bridgehead atoms. The number of benzene rings is 2. The minimum absolute atomic E-state index is 0.0362. The van der Waals surface area contributed by atoms with Crippen LogP contribution in [-0.4, -0.2) is 8.42 Å². The van der Waals surface area contributed by atoms with Crippen LogP contribution >= 0.6 is 10.7 Å². The summed E-state index contributed by atoms with van der Waals surface area (Å²) in [5.74, 6) is -0.336. The van der Waals surface area contributed by atoms with Crippen LogP contribution in [-0.2, 0) is 9.05 Å². The largest absolute Gasteiger partial charge is 0.261 e. The smallest absolute Gasteiger partial charge is 0.207 e. The SMILES string of the molecule is Cc1ccc(S(=O)(=O)Cl)cc1-c1ccc(F)cc1. The molecule has 0 N–H and O–H groups in total. The van der Waals surface area contributed by atoms with Crippen LogP contribution in [0.4, 0.5) is 4.39 Å². The van der Waals surface area contributed by atoms with Crippen molar-refractivity contribution >= 4 is 19.7 Å². The zero-order valence-corrected chi connectivity index (χ0v) is 11.1. The van der Waals surface area contributed by atoms with Crippen LogP contribution < -0.4 is 0 Å². The highest BCUT2D eigenvalue weighted by Crippen LogP contribution is 2.27. The summed E-state index contributed by atoms with van der Waals surface area (Å²) in [6.07, 6.45) is 0. The topological polar surface area (TPSA) is 34.1 Å². The van der Waals surface area contributed by atoms with Crippen molar-refractivity contribution in [2.24, 2.45) is 0 Å². The highest BCUT2D eigenvalue weighted by molar-refractivity contribution is 8.13. The zero-order chi connectivity index (χ0) is 13.3. The highest BCUT2D eigenvalue weighted by atomic mass is 35.7. The average molecular weight is 285 g/mol. The number of rotatable bonds is 2. The van der Waals surface area contributed by atoms with Gasteiger partial charge in [-0.05, 0) is 47.9 Å². The second-order valence-corrected chi connectivity index (χ2v) is 6.49. The Hall–Kier alpha value is -1.39. The molecule has 0 heterocycles. The molecule has 0 saturated carbocycles. The van der Waals surface area contributed by atoms with Crippen molar-refractivity contribution in [1.29, 1.82) is 0 Å². The molecule has 0 saturated heterocycles. The van der Waals surface area contributed by atoms with Crippen molar-refractivity contribution in [1.82, 2.24) is 0 Å². The summed E-state index contributed by atoms with van der Waals surface area (Å²) in [5.41, 5.74) is 2.36. The van der Waals surface area contributed by atoms with Gasteiger partial charge in [-0.3, -0.25) is 0 Å². The molecule has 2 aromatic carbocycles. The second kappa shape index (κ2) is 4.71. The van der Waals surface area contributed by atoms with Crippen LogP contribution in [0, 0.1) is 12.7 Å². The third-order valence-electron chi connectivity index (χ3n) is 2.65. The quantitative estimate of drug-likeness (QED) is 0.788. The minimum atomic E-state index is -3.76. The predicted octanol–water partition coefficient (Wildman–Crippen LogP) is 3.73. The van der Waals surface area contributed by atoms with E-state index in [-0.39, 0.29) is 10.7 Å². The lowest BCUT2D eigenvalue weighted by Crippen LogP contribution is -1.93. The fraction of sp³-hybridized carbons (Fsp3) is 0.0769. The second-order valence-electron chi connectivity index (χ2n) is 3.92. The number of hydrogen-bond acceptors (Lipinski definition) is 2. The van der Waals surface area contributed by atoms with E-state index >= 15 is 0 Å². The third-order valence-corrected chi connectivity index (χ3v) is 4.00. The molecule has 0 fully saturated rings. The summed E-state index contributed by atoms with van der Waals surface area (Å²) >= 11 is 0. The molecule has 2 rings (SSSR count). The molecular formula is C13H10ClFO2S. The summed E-state index contributed by atoms with van der Waals surface area (Å²) < 4.78 is 35.4. The van der Waals surface area contributed by atoms with Crippen molar-refractivity contribution in [3.63, 3.8) is 0 Å². The van der Waals surface area contributed by atoms with Gasteiger partial charge in [0.25, 0.3) is 9.05 Å². The first-order valence-electron chi connectivity index (χ1n) is 5.19. The van der Waals surface area contributed by atoms with E-state index in [1.807, 2.05) is 6.92 Å². The standard InChI is InChI=1S/C13H10ClFO2S/c1-9-2-7-12(18(14,16)17)8-13(9)10-3-5-11(15)6-4-10/h2-8H,1H3. The fourth-order valence-corrected chi connectivity index (χ4v) is 2.47. The molecule has 0 aliphatic carbocycles. The van der Waals surface area contributed by atoms with E-state index in [0.29, 0.717) is 0 Å². The Morgan fingerprint density at radius 1 is 1.06 bits per heavy atom. The van der Waals surface area contributed by atoms with Crippen LogP contribution in [0.1, 0.15) is 5.56 Å². The van der Waals surface area contributed by atoms with Crippen LogP contribution in [0.25, 0.3) is 11.1 Å². The summed E-state index contributed by atoms with van der Waals surface area (Å²) in [6.45, 7) is 1.85. The minimum Gasteiger partial charge on any atom is -0.207 e. The fourth-order valence-electron chi connectivity index (χ4n) is 1.69. The number of hydrogen-bond donors (Lipinski definition) is 0. The van der Waals surface area contributed by atoms with Gasteiger partial charge in [-0.25, -0.2) is 12.8 Å². The Balaban J connectivity index is 2.60.